The zero-order chi connectivity index (χ0) is 15.8. The number of rotatable bonds is 2. The minimum Gasteiger partial charge on any atom is -0.340 e. The van der Waals surface area contributed by atoms with Crippen LogP contribution in [-0.4, -0.2) is 4.57 Å². The summed E-state index contributed by atoms with van der Waals surface area (Å²) in [6, 6.07) is 17.4. The van der Waals surface area contributed by atoms with Gasteiger partial charge in [0.05, 0.1) is 0 Å². The Balaban J connectivity index is 0.000000819. The van der Waals surface area contributed by atoms with Crippen LogP contribution in [-0.2, 0) is 6.54 Å². The Morgan fingerprint density at radius 3 is 1.45 bits per heavy atom. The molecule has 0 amide bonds. The first kappa shape index (κ1) is 20.2. The second-order valence-corrected chi connectivity index (χ2v) is 5.04. The number of para-hydroxylation sites is 2. The average Bonchev–Trinajstić information content (AvgIpc) is 2.86. The molecule has 0 N–H and O–H groups in total. The summed E-state index contributed by atoms with van der Waals surface area (Å²) in [4.78, 5) is 0. The Morgan fingerprint density at radius 1 is 0.727 bits per heavy atom. The Bertz CT molecular complexity index is 609. The third-order valence-electron chi connectivity index (χ3n) is 3.23. The maximum absolute atomic E-state index is 2.44. The molecular weight excluding hydrogens is 266 g/mol. The van der Waals surface area contributed by atoms with Crippen molar-refractivity contribution in [1.29, 1.82) is 0 Å². The first-order valence-electron chi connectivity index (χ1n) is 8.23. The van der Waals surface area contributed by atoms with Crippen molar-refractivity contribution in [1.82, 2.24) is 4.57 Å². The maximum atomic E-state index is 2.44. The van der Waals surface area contributed by atoms with E-state index in [0.29, 0.717) is 5.92 Å². The Labute approximate surface area is 137 Å². The molecule has 0 aliphatic heterocycles. The lowest BCUT2D eigenvalue weighted by Crippen LogP contribution is -2.03. The van der Waals surface area contributed by atoms with Crippen LogP contribution >= 0.6 is 0 Å². The van der Waals surface area contributed by atoms with Crippen molar-refractivity contribution < 1.29 is 0 Å². The van der Waals surface area contributed by atoms with Gasteiger partial charge in [-0.25, -0.2) is 0 Å². The molecular formula is C21H33N. The van der Waals surface area contributed by atoms with Gasteiger partial charge in [-0.15, -0.1) is 0 Å². The smallest absolute Gasteiger partial charge is 0.0491 e. The number of aromatic nitrogens is 1. The van der Waals surface area contributed by atoms with E-state index in [-0.39, 0.29) is 7.43 Å². The molecule has 0 radical (unpaired) electrons. The standard InChI is InChI=1S/C16H17N.2C2H6.CH4/c1-12(2)11-17-15-9-5-3-7-13(15)14-8-4-6-10-16(14)17;2*1-2;/h3-10,12H,11H2,1-2H3;2*1-2H3;1H4. The fourth-order valence-electron chi connectivity index (χ4n) is 2.57. The zero-order valence-corrected chi connectivity index (χ0v) is 14.4. The van der Waals surface area contributed by atoms with Gasteiger partial charge >= 0.3 is 0 Å². The lowest BCUT2D eigenvalue weighted by molar-refractivity contribution is 0.545. The number of nitrogens with zero attached hydrogens (tertiary/aromatic N) is 1. The van der Waals surface area contributed by atoms with Gasteiger partial charge in [-0.1, -0.05) is 85.4 Å². The quantitative estimate of drug-likeness (QED) is 0.474. The van der Waals surface area contributed by atoms with Crippen molar-refractivity contribution in [3.63, 3.8) is 0 Å². The van der Waals surface area contributed by atoms with E-state index >= 15 is 0 Å². The number of hydrogen-bond donors (Lipinski definition) is 0. The monoisotopic (exact) mass is 299 g/mol. The minimum atomic E-state index is 0. The molecule has 0 saturated carbocycles. The molecule has 1 aromatic heterocycles. The molecule has 1 heterocycles. The molecule has 0 unspecified atom stereocenters. The molecule has 3 aromatic rings. The lowest BCUT2D eigenvalue weighted by Gasteiger charge is -2.09. The van der Waals surface area contributed by atoms with Gasteiger partial charge in [0.1, 0.15) is 0 Å². The second kappa shape index (κ2) is 10.0. The lowest BCUT2D eigenvalue weighted by atomic mass is 10.2. The SMILES string of the molecule is C.CC.CC.CC(C)Cn1c2ccccc2c2ccccc21. The van der Waals surface area contributed by atoms with Crippen LogP contribution in [0.2, 0.25) is 0 Å². The Hall–Kier alpha value is -1.76. The van der Waals surface area contributed by atoms with E-state index in [9.17, 15) is 0 Å². The minimum absolute atomic E-state index is 0. The Kier molecular flexibility index (Phi) is 9.24. The molecule has 0 spiro atoms. The fraction of sp³-hybridized carbons (Fsp3) is 0.429. The van der Waals surface area contributed by atoms with Gasteiger partial charge in [-0.3, -0.25) is 0 Å². The number of hydrogen-bond acceptors (Lipinski definition) is 0. The van der Waals surface area contributed by atoms with Crippen molar-refractivity contribution in [2.45, 2.75) is 55.5 Å². The molecule has 2 aromatic carbocycles. The first-order valence-corrected chi connectivity index (χ1v) is 8.23. The second-order valence-electron chi connectivity index (χ2n) is 5.04. The van der Waals surface area contributed by atoms with Gasteiger partial charge in [-0.2, -0.15) is 0 Å². The third-order valence-corrected chi connectivity index (χ3v) is 3.23. The van der Waals surface area contributed by atoms with Crippen molar-refractivity contribution in [2.75, 3.05) is 0 Å². The predicted molar refractivity (Wildman–Crippen MR) is 104 cm³/mol. The summed E-state index contributed by atoms with van der Waals surface area (Å²) in [5.41, 5.74) is 2.70. The maximum Gasteiger partial charge on any atom is 0.0491 e. The average molecular weight is 300 g/mol. The van der Waals surface area contributed by atoms with Gasteiger partial charge < -0.3 is 4.57 Å². The van der Waals surface area contributed by atoms with Crippen LogP contribution in [0.3, 0.4) is 0 Å². The van der Waals surface area contributed by atoms with Crippen molar-refractivity contribution in [3.05, 3.63) is 48.5 Å². The summed E-state index contributed by atoms with van der Waals surface area (Å²) in [5, 5.41) is 2.73. The van der Waals surface area contributed by atoms with Crippen LogP contribution in [0.5, 0.6) is 0 Å². The summed E-state index contributed by atoms with van der Waals surface area (Å²) in [5.74, 6) is 0.661. The highest BCUT2D eigenvalue weighted by molar-refractivity contribution is 6.07. The van der Waals surface area contributed by atoms with Crippen molar-refractivity contribution in [3.8, 4) is 0 Å². The topological polar surface area (TPSA) is 4.93 Å². The largest absolute Gasteiger partial charge is 0.340 e. The molecule has 1 nitrogen and oxygen atoms in total. The highest BCUT2D eigenvalue weighted by Crippen LogP contribution is 2.29. The number of fused-ring (bicyclic) bond motifs is 3. The zero-order valence-electron chi connectivity index (χ0n) is 14.4. The predicted octanol–water partition coefficient (Wildman–Crippen LogP) is 7.14. The molecule has 0 fully saturated rings. The van der Waals surface area contributed by atoms with Crippen LogP contribution in [0, 0.1) is 5.92 Å². The van der Waals surface area contributed by atoms with E-state index in [1.54, 1.807) is 0 Å². The molecule has 0 saturated heterocycles. The first-order chi connectivity index (χ1) is 10.3. The summed E-state index contributed by atoms with van der Waals surface area (Å²) in [6.07, 6.45) is 0. The summed E-state index contributed by atoms with van der Waals surface area (Å²) in [7, 11) is 0. The number of benzene rings is 2. The normalized spacial score (nSPS) is 9.59. The van der Waals surface area contributed by atoms with Crippen molar-refractivity contribution in [2.24, 2.45) is 5.92 Å². The van der Waals surface area contributed by atoms with Crippen LogP contribution in [0.4, 0.5) is 0 Å². The van der Waals surface area contributed by atoms with Gasteiger partial charge in [0.25, 0.3) is 0 Å². The van der Waals surface area contributed by atoms with Crippen LogP contribution < -0.4 is 0 Å². The van der Waals surface area contributed by atoms with Crippen LogP contribution in [0.25, 0.3) is 21.8 Å². The van der Waals surface area contributed by atoms with E-state index in [0.717, 1.165) is 6.54 Å². The summed E-state index contributed by atoms with van der Waals surface area (Å²) >= 11 is 0. The molecule has 0 atom stereocenters. The van der Waals surface area contributed by atoms with E-state index in [2.05, 4.69) is 66.9 Å². The molecule has 0 aliphatic rings. The van der Waals surface area contributed by atoms with Crippen LogP contribution in [0.15, 0.2) is 48.5 Å². The molecule has 3 rings (SSSR count). The highest BCUT2D eigenvalue weighted by atomic mass is 15.0. The fourth-order valence-corrected chi connectivity index (χ4v) is 2.57. The molecule has 22 heavy (non-hydrogen) atoms. The van der Waals surface area contributed by atoms with Gasteiger partial charge in [0.15, 0.2) is 0 Å². The van der Waals surface area contributed by atoms with Crippen molar-refractivity contribution >= 4 is 21.8 Å². The van der Waals surface area contributed by atoms with E-state index < -0.39 is 0 Å². The van der Waals surface area contributed by atoms with E-state index in [4.69, 9.17) is 0 Å². The summed E-state index contributed by atoms with van der Waals surface area (Å²) < 4.78 is 2.44. The van der Waals surface area contributed by atoms with Gasteiger partial charge in [-0.05, 0) is 18.1 Å². The molecule has 1 heteroatoms. The molecule has 0 aliphatic carbocycles. The third kappa shape index (κ3) is 4.13. The van der Waals surface area contributed by atoms with E-state index in [1.807, 2.05) is 27.7 Å². The Morgan fingerprint density at radius 2 is 1.09 bits per heavy atom. The summed E-state index contributed by atoms with van der Waals surface area (Å²) in [6.45, 7) is 13.6. The molecule has 122 valence electrons. The highest BCUT2D eigenvalue weighted by Gasteiger charge is 2.09. The van der Waals surface area contributed by atoms with E-state index in [1.165, 1.54) is 21.8 Å². The molecule has 0 bridgehead atoms. The van der Waals surface area contributed by atoms with Gasteiger partial charge in [0, 0.05) is 28.4 Å². The van der Waals surface area contributed by atoms with Crippen LogP contribution in [0.1, 0.15) is 49.0 Å². The van der Waals surface area contributed by atoms with Gasteiger partial charge in [0.2, 0.25) is 0 Å².